The number of anilines is 3. The number of para-hydroxylation sites is 2. The highest BCUT2D eigenvalue weighted by molar-refractivity contribution is 7.25. The molecule has 0 N–H and O–H groups in total. The molecule has 0 amide bonds. The van der Waals surface area contributed by atoms with Gasteiger partial charge in [0.25, 0.3) is 0 Å². The van der Waals surface area contributed by atoms with Gasteiger partial charge in [0.15, 0.2) is 0 Å². The number of fused-ring (bicyclic) bond motifs is 11. The molecular formula is C64H40N2OS. The largest absolute Gasteiger partial charge is 0.456 e. The Kier molecular flexibility index (Phi) is 8.76. The van der Waals surface area contributed by atoms with Gasteiger partial charge in [0, 0.05) is 64.5 Å². The molecule has 11 aromatic carbocycles. The number of benzene rings is 11. The fraction of sp³-hybridized carbons (Fsp3) is 0. The number of aromatic nitrogens is 1. The van der Waals surface area contributed by atoms with Gasteiger partial charge in [-0.25, -0.2) is 0 Å². The summed E-state index contributed by atoms with van der Waals surface area (Å²) in [5.41, 5.74) is 15.7. The molecule has 318 valence electrons. The summed E-state index contributed by atoms with van der Waals surface area (Å²) in [6, 6.07) is 88.2. The molecule has 0 bridgehead atoms. The Morgan fingerprint density at radius 1 is 0.324 bits per heavy atom. The summed E-state index contributed by atoms with van der Waals surface area (Å²) in [4.78, 5) is 2.36. The van der Waals surface area contributed by atoms with Gasteiger partial charge in [0.05, 0.1) is 11.0 Å². The van der Waals surface area contributed by atoms with Crippen molar-refractivity contribution in [2.75, 3.05) is 4.90 Å². The van der Waals surface area contributed by atoms with Gasteiger partial charge in [-0.2, -0.15) is 0 Å². The Morgan fingerprint density at radius 3 is 1.53 bits per heavy atom. The first-order valence-electron chi connectivity index (χ1n) is 23.1. The van der Waals surface area contributed by atoms with Gasteiger partial charge in [0.2, 0.25) is 0 Å². The van der Waals surface area contributed by atoms with Crippen molar-refractivity contribution < 1.29 is 4.42 Å². The van der Waals surface area contributed by atoms with Gasteiger partial charge in [-0.15, -0.1) is 11.3 Å². The average Bonchev–Trinajstić information content (AvgIpc) is 4.09. The van der Waals surface area contributed by atoms with E-state index < -0.39 is 0 Å². The van der Waals surface area contributed by atoms with Crippen molar-refractivity contribution in [3.8, 4) is 39.1 Å². The van der Waals surface area contributed by atoms with Crippen molar-refractivity contribution in [1.82, 2.24) is 4.57 Å². The lowest BCUT2D eigenvalue weighted by molar-refractivity contribution is 0.669. The number of hydrogen-bond donors (Lipinski definition) is 0. The second kappa shape index (κ2) is 15.5. The molecule has 0 aliphatic carbocycles. The zero-order valence-corrected chi connectivity index (χ0v) is 37.6. The third-order valence-corrected chi connectivity index (χ3v) is 15.0. The highest BCUT2D eigenvalue weighted by atomic mass is 32.1. The second-order valence-corrected chi connectivity index (χ2v) is 18.8. The number of rotatable bonds is 7. The normalized spacial score (nSPS) is 11.8. The first-order chi connectivity index (χ1) is 33.7. The molecule has 0 fully saturated rings. The summed E-state index contributed by atoms with van der Waals surface area (Å²) >= 11 is 1.86. The van der Waals surface area contributed by atoms with Crippen LogP contribution in [0.5, 0.6) is 0 Å². The summed E-state index contributed by atoms with van der Waals surface area (Å²) < 4.78 is 11.2. The quantitative estimate of drug-likeness (QED) is 0.159. The van der Waals surface area contributed by atoms with E-state index in [9.17, 15) is 0 Å². The predicted octanol–water partition coefficient (Wildman–Crippen LogP) is 18.7. The minimum atomic E-state index is 0.904. The van der Waals surface area contributed by atoms with Gasteiger partial charge in [0.1, 0.15) is 11.2 Å². The second-order valence-electron chi connectivity index (χ2n) is 17.7. The van der Waals surface area contributed by atoms with Gasteiger partial charge < -0.3 is 13.9 Å². The van der Waals surface area contributed by atoms with E-state index in [2.05, 4.69) is 240 Å². The third kappa shape index (κ3) is 6.26. The van der Waals surface area contributed by atoms with E-state index in [0.29, 0.717) is 0 Å². The smallest absolute Gasteiger partial charge is 0.135 e. The van der Waals surface area contributed by atoms with Gasteiger partial charge >= 0.3 is 0 Å². The van der Waals surface area contributed by atoms with E-state index in [-0.39, 0.29) is 0 Å². The Hall–Kier alpha value is -8.70. The van der Waals surface area contributed by atoms with Crippen LogP contribution in [0.15, 0.2) is 247 Å². The van der Waals surface area contributed by atoms with Crippen LogP contribution in [0, 0.1) is 0 Å². The number of furan rings is 1. The number of thiophene rings is 1. The van der Waals surface area contributed by atoms with Crippen LogP contribution in [0.2, 0.25) is 0 Å². The molecule has 14 rings (SSSR count). The summed E-state index contributed by atoms with van der Waals surface area (Å²) in [6.07, 6.45) is 0. The molecule has 0 spiro atoms. The molecule has 4 heteroatoms. The van der Waals surface area contributed by atoms with Crippen molar-refractivity contribution in [2.24, 2.45) is 0 Å². The van der Waals surface area contributed by atoms with E-state index in [0.717, 1.165) is 61.4 Å². The van der Waals surface area contributed by atoms with Gasteiger partial charge in [-0.1, -0.05) is 146 Å². The average molecular weight is 885 g/mol. The molecule has 3 aromatic heterocycles. The van der Waals surface area contributed by atoms with Crippen LogP contribution < -0.4 is 4.90 Å². The maximum atomic E-state index is 6.15. The van der Waals surface area contributed by atoms with E-state index in [1.807, 2.05) is 23.5 Å². The van der Waals surface area contributed by atoms with Crippen molar-refractivity contribution >= 4 is 103 Å². The molecular weight excluding hydrogens is 845 g/mol. The van der Waals surface area contributed by atoms with Gasteiger partial charge in [-0.05, 0) is 141 Å². The van der Waals surface area contributed by atoms with Crippen molar-refractivity contribution in [3.63, 3.8) is 0 Å². The van der Waals surface area contributed by atoms with Crippen LogP contribution >= 0.6 is 11.3 Å². The topological polar surface area (TPSA) is 21.3 Å². The molecule has 0 unspecified atom stereocenters. The lowest BCUT2D eigenvalue weighted by Gasteiger charge is -2.26. The fourth-order valence-electron chi connectivity index (χ4n) is 10.5. The highest BCUT2D eigenvalue weighted by Gasteiger charge is 2.17. The monoisotopic (exact) mass is 884 g/mol. The van der Waals surface area contributed by atoms with E-state index in [1.165, 1.54) is 69.4 Å². The molecule has 0 atom stereocenters. The maximum Gasteiger partial charge on any atom is 0.135 e. The third-order valence-electron chi connectivity index (χ3n) is 13.8. The summed E-state index contributed by atoms with van der Waals surface area (Å²) in [5, 5.41) is 9.99. The zero-order chi connectivity index (χ0) is 44.7. The van der Waals surface area contributed by atoms with Crippen LogP contribution in [-0.4, -0.2) is 4.57 Å². The van der Waals surface area contributed by atoms with E-state index >= 15 is 0 Å². The van der Waals surface area contributed by atoms with Crippen LogP contribution in [0.25, 0.3) is 114 Å². The Bertz CT molecular complexity index is 4080. The summed E-state index contributed by atoms with van der Waals surface area (Å²) in [6.45, 7) is 0. The molecule has 3 heterocycles. The van der Waals surface area contributed by atoms with Crippen LogP contribution in [0.1, 0.15) is 0 Å². The Balaban J connectivity index is 0.818. The highest BCUT2D eigenvalue weighted by Crippen LogP contribution is 2.42. The fourth-order valence-corrected chi connectivity index (χ4v) is 11.6. The maximum absolute atomic E-state index is 6.15. The van der Waals surface area contributed by atoms with Crippen molar-refractivity contribution in [1.29, 1.82) is 0 Å². The number of hydrogen-bond acceptors (Lipinski definition) is 3. The van der Waals surface area contributed by atoms with Gasteiger partial charge in [-0.3, -0.25) is 0 Å². The summed E-state index contributed by atoms with van der Waals surface area (Å²) in [5.74, 6) is 0. The van der Waals surface area contributed by atoms with Crippen LogP contribution in [-0.2, 0) is 0 Å². The van der Waals surface area contributed by atoms with E-state index in [4.69, 9.17) is 4.42 Å². The minimum Gasteiger partial charge on any atom is -0.456 e. The van der Waals surface area contributed by atoms with Crippen molar-refractivity contribution in [3.05, 3.63) is 243 Å². The molecule has 0 radical (unpaired) electrons. The first kappa shape index (κ1) is 38.6. The molecule has 0 aliphatic heterocycles. The van der Waals surface area contributed by atoms with Crippen LogP contribution in [0.3, 0.4) is 0 Å². The van der Waals surface area contributed by atoms with E-state index in [1.54, 1.807) is 0 Å². The van der Waals surface area contributed by atoms with Crippen molar-refractivity contribution in [2.45, 2.75) is 0 Å². The summed E-state index contributed by atoms with van der Waals surface area (Å²) in [7, 11) is 0. The Labute approximate surface area is 396 Å². The molecule has 3 nitrogen and oxygen atoms in total. The first-order valence-corrected chi connectivity index (χ1v) is 24.0. The zero-order valence-electron chi connectivity index (χ0n) is 36.8. The Morgan fingerprint density at radius 2 is 0.824 bits per heavy atom. The standard InChI is InChI=1S/C64H40N2OS/c1-2-10-52-45(9-1)25-36-59-64(52)55-13-3-6-14-58(55)66(59)51-34-19-42(20-35-51)41-17-28-48(29-18-41)65(49-30-21-43(22-31-49)46-26-37-61-56(39-46)53-11-4-7-15-60(53)67-61)50-32-23-44(24-33-50)47-27-38-63-57(40-47)54-12-5-8-16-62(54)68-63/h1-40H. The molecule has 0 saturated carbocycles. The number of nitrogens with zero attached hydrogens (tertiary/aromatic N) is 2. The van der Waals surface area contributed by atoms with Crippen LogP contribution in [0.4, 0.5) is 17.1 Å². The molecule has 0 saturated heterocycles. The molecule has 0 aliphatic rings. The predicted molar refractivity (Wildman–Crippen MR) is 289 cm³/mol. The molecule has 68 heavy (non-hydrogen) atoms. The SMILES string of the molecule is c1ccc2c(c1)ccc1c2c2ccccc2n1-c1ccc(-c2ccc(N(c3ccc(-c4ccc5oc6ccccc6c5c4)cc3)c3ccc(-c4ccc5sc6ccccc6c5c4)cc3)cc2)cc1. The molecule has 14 aromatic rings. The lowest BCUT2D eigenvalue weighted by atomic mass is 10.0. The lowest BCUT2D eigenvalue weighted by Crippen LogP contribution is -2.09. The minimum absolute atomic E-state index is 0.904.